The van der Waals surface area contributed by atoms with Crippen molar-refractivity contribution >= 4 is 51.1 Å². The van der Waals surface area contributed by atoms with Crippen LogP contribution >= 0.6 is 0 Å². The van der Waals surface area contributed by atoms with Crippen molar-refractivity contribution in [2.24, 2.45) is 11.8 Å². The lowest BCUT2D eigenvalue weighted by Crippen LogP contribution is -2.56. The lowest BCUT2D eigenvalue weighted by atomic mass is 9.95. The Bertz CT molecular complexity index is 1670. The standard InChI is InChI=1S/C34H43N5O10S/c1-20(2)17-25(31(43)35-18-26(40)32(44)36-19-27(41)38-29(34(46)47)22-9-5-4-6-10-22)37-33(45)28(21-11-7-8-12-21)39-30(42)23-13-15-24(16-14-23)50(3,48)49/h4-6,9-10,13-16,20-21,25,28-29H,7-8,11-12,17-19H2,1-3H3,(H,35,43)(H,36,44)(H,37,45)(H,38,41)(H,39,42)(H,46,47)/t25-,28-,29-/m0/s1. The number of rotatable bonds is 17. The van der Waals surface area contributed by atoms with Crippen LogP contribution in [-0.2, 0) is 38.6 Å². The summed E-state index contributed by atoms with van der Waals surface area (Å²) in [6.45, 7) is 2.19. The van der Waals surface area contributed by atoms with Crippen LogP contribution in [-0.4, -0.2) is 86.2 Å². The first-order valence-corrected chi connectivity index (χ1v) is 18.0. The van der Waals surface area contributed by atoms with Crippen LogP contribution in [0.5, 0.6) is 0 Å². The van der Waals surface area contributed by atoms with Gasteiger partial charge in [-0.15, -0.1) is 0 Å². The summed E-state index contributed by atoms with van der Waals surface area (Å²) in [6, 6.07) is 9.69. The van der Waals surface area contributed by atoms with Crippen molar-refractivity contribution in [3.8, 4) is 0 Å². The van der Waals surface area contributed by atoms with E-state index < -0.39 is 82.3 Å². The average molecular weight is 714 g/mol. The molecular weight excluding hydrogens is 670 g/mol. The van der Waals surface area contributed by atoms with Gasteiger partial charge >= 0.3 is 5.97 Å². The number of carbonyl (C=O) groups is 7. The van der Waals surface area contributed by atoms with E-state index in [1.54, 1.807) is 18.2 Å². The van der Waals surface area contributed by atoms with Crippen LogP contribution in [0.4, 0.5) is 0 Å². The molecule has 16 heteroatoms. The summed E-state index contributed by atoms with van der Waals surface area (Å²) in [4.78, 5) is 88.6. The van der Waals surface area contributed by atoms with Gasteiger partial charge in [0.2, 0.25) is 23.5 Å². The number of sulfone groups is 1. The molecule has 270 valence electrons. The lowest BCUT2D eigenvalue weighted by Gasteiger charge is -2.27. The fourth-order valence-corrected chi connectivity index (χ4v) is 6.14. The number of benzene rings is 2. The molecule has 1 aliphatic carbocycles. The summed E-state index contributed by atoms with van der Waals surface area (Å²) < 4.78 is 23.6. The molecule has 1 aliphatic rings. The molecular formula is C34H43N5O10S. The minimum atomic E-state index is -3.47. The van der Waals surface area contributed by atoms with Gasteiger partial charge in [0.25, 0.3) is 11.8 Å². The van der Waals surface area contributed by atoms with Crippen molar-refractivity contribution < 1.29 is 47.1 Å². The number of aliphatic carboxylic acids is 1. The van der Waals surface area contributed by atoms with E-state index in [1.165, 1.54) is 36.4 Å². The van der Waals surface area contributed by atoms with Crippen molar-refractivity contribution in [3.63, 3.8) is 0 Å². The highest BCUT2D eigenvalue weighted by atomic mass is 32.2. The highest BCUT2D eigenvalue weighted by molar-refractivity contribution is 7.90. The van der Waals surface area contributed by atoms with Gasteiger partial charge in [-0.05, 0) is 60.9 Å². The zero-order chi connectivity index (χ0) is 37.0. The van der Waals surface area contributed by atoms with Gasteiger partial charge in [-0.2, -0.15) is 0 Å². The van der Waals surface area contributed by atoms with Crippen LogP contribution in [0.2, 0.25) is 0 Å². The van der Waals surface area contributed by atoms with E-state index in [-0.39, 0.29) is 28.7 Å². The predicted molar refractivity (Wildman–Crippen MR) is 180 cm³/mol. The Hall–Kier alpha value is -5.12. The number of carboxylic acid groups (broad SMARTS) is 1. The second kappa shape index (κ2) is 18.0. The minimum Gasteiger partial charge on any atom is -0.479 e. The Morgan fingerprint density at radius 3 is 1.98 bits per heavy atom. The Labute approximate surface area is 290 Å². The van der Waals surface area contributed by atoms with Gasteiger partial charge < -0.3 is 31.7 Å². The highest BCUT2D eigenvalue weighted by Gasteiger charge is 2.35. The van der Waals surface area contributed by atoms with Crippen molar-refractivity contribution in [2.75, 3.05) is 19.3 Å². The number of amides is 5. The average Bonchev–Trinajstić information content (AvgIpc) is 3.61. The second-order valence-electron chi connectivity index (χ2n) is 12.6. The molecule has 1 saturated carbocycles. The van der Waals surface area contributed by atoms with Crippen LogP contribution in [0, 0.1) is 11.8 Å². The van der Waals surface area contributed by atoms with Crippen LogP contribution in [0.15, 0.2) is 59.5 Å². The van der Waals surface area contributed by atoms with Gasteiger partial charge in [0, 0.05) is 11.8 Å². The zero-order valence-electron chi connectivity index (χ0n) is 28.1. The Balaban J connectivity index is 1.59. The van der Waals surface area contributed by atoms with Crippen molar-refractivity contribution in [3.05, 3.63) is 65.7 Å². The molecule has 15 nitrogen and oxygen atoms in total. The first kappa shape index (κ1) is 39.3. The molecule has 2 aromatic carbocycles. The van der Waals surface area contributed by atoms with Gasteiger partial charge in [0.05, 0.1) is 18.0 Å². The Morgan fingerprint density at radius 2 is 1.42 bits per heavy atom. The molecule has 1 fully saturated rings. The van der Waals surface area contributed by atoms with E-state index in [0.717, 1.165) is 19.1 Å². The Morgan fingerprint density at radius 1 is 0.800 bits per heavy atom. The molecule has 0 heterocycles. The van der Waals surface area contributed by atoms with Gasteiger partial charge in [-0.25, -0.2) is 13.2 Å². The summed E-state index contributed by atoms with van der Waals surface area (Å²) in [5, 5.41) is 21.6. The van der Waals surface area contributed by atoms with Crippen molar-refractivity contribution in [1.82, 2.24) is 26.6 Å². The van der Waals surface area contributed by atoms with Crippen LogP contribution in [0.3, 0.4) is 0 Å². The van der Waals surface area contributed by atoms with E-state index in [2.05, 4.69) is 26.6 Å². The van der Waals surface area contributed by atoms with E-state index in [0.29, 0.717) is 18.4 Å². The SMILES string of the molecule is CC(C)C[C@H](NC(=O)[C@@H](NC(=O)c1ccc(S(C)(=O)=O)cc1)C1CCCC1)C(=O)NCC(=O)C(=O)NCC(=O)N[C@H](C(=O)O)c1ccccc1. The van der Waals surface area contributed by atoms with Gasteiger partial charge in [0.15, 0.2) is 15.9 Å². The molecule has 5 amide bonds. The number of Topliss-reactive ketones (excluding diaryl/α,β-unsaturated/α-hetero) is 1. The maximum atomic E-state index is 13.6. The number of hydrogen-bond acceptors (Lipinski definition) is 9. The van der Waals surface area contributed by atoms with Crippen LogP contribution in [0.1, 0.15) is 67.9 Å². The number of carbonyl (C=O) groups excluding carboxylic acids is 6. The largest absolute Gasteiger partial charge is 0.479 e. The van der Waals surface area contributed by atoms with Gasteiger partial charge in [-0.1, -0.05) is 57.0 Å². The molecule has 0 radical (unpaired) electrons. The third-order valence-corrected chi connectivity index (χ3v) is 9.22. The van der Waals surface area contributed by atoms with E-state index in [1.807, 2.05) is 13.8 Å². The lowest BCUT2D eigenvalue weighted by molar-refractivity contribution is -0.142. The molecule has 0 spiro atoms. The quantitative estimate of drug-likeness (QED) is 0.125. The zero-order valence-corrected chi connectivity index (χ0v) is 28.9. The molecule has 0 bridgehead atoms. The summed E-state index contributed by atoms with van der Waals surface area (Å²) in [7, 11) is -3.47. The molecule has 0 unspecified atom stereocenters. The molecule has 2 aromatic rings. The first-order valence-electron chi connectivity index (χ1n) is 16.1. The normalized spacial score (nSPS) is 14.9. The molecule has 50 heavy (non-hydrogen) atoms. The molecule has 6 N–H and O–H groups in total. The van der Waals surface area contributed by atoms with Crippen molar-refractivity contribution in [2.45, 2.75) is 69.0 Å². The first-order chi connectivity index (χ1) is 23.6. The van der Waals surface area contributed by atoms with Crippen LogP contribution < -0.4 is 26.6 Å². The van der Waals surface area contributed by atoms with E-state index in [9.17, 15) is 47.1 Å². The smallest absolute Gasteiger partial charge is 0.330 e. The molecule has 0 aliphatic heterocycles. The van der Waals surface area contributed by atoms with Crippen molar-refractivity contribution in [1.29, 1.82) is 0 Å². The summed E-state index contributed by atoms with van der Waals surface area (Å²) in [5.74, 6) is -6.70. The summed E-state index contributed by atoms with van der Waals surface area (Å²) in [5.41, 5.74) is 0.455. The maximum Gasteiger partial charge on any atom is 0.330 e. The van der Waals surface area contributed by atoms with E-state index in [4.69, 9.17) is 0 Å². The molecule has 0 saturated heterocycles. The van der Waals surface area contributed by atoms with Gasteiger partial charge in [-0.3, -0.25) is 28.8 Å². The third-order valence-electron chi connectivity index (χ3n) is 8.10. The van der Waals surface area contributed by atoms with E-state index >= 15 is 0 Å². The highest BCUT2D eigenvalue weighted by Crippen LogP contribution is 2.28. The summed E-state index contributed by atoms with van der Waals surface area (Å²) >= 11 is 0. The number of carboxylic acids is 1. The molecule has 3 rings (SSSR count). The Kier molecular flexibility index (Phi) is 14.2. The monoisotopic (exact) mass is 713 g/mol. The fraction of sp³-hybridized carbons (Fsp3) is 0.441. The van der Waals surface area contributed by atoms with Crippen LogP contribution in [0.25, 0.3) is 0 Å². The maximum absolute atomic E-state index is 13.6. The molecule has 3 atom stereocenters. The third kappa shape index (κ3) is 11.8. The second-order valence-corrected chi connectivity index (χ2v) is 14.6. The summed E-state index contributed by atoms with van der Waals surface area (Å²) in [6.07, 6.45) is 4.24. The number of nitrogens with one attached hydrogen (secondary N) is 5. The van der Waals surface area contributed by atoms with Gasteiger partial charge in [0.1, 0.15) is 12.1 Å². The minimum absolute atomic E-state index is 0.0378. The molecule has 0 aromatic heterocycles. The number of hydrogen-bond donors (Lipinski definition) is 6. The number of ketones is 1. The topological polar surface area (TPSA) is 234 Å². The predicted octanol–water partition coefficient (Wildman–Crippen LogP) is 0.653. The fourth-order valence-electron chi connectivity index (χ4n) is 5.51.